The normalized spacial score (nSPS) is 12.9. The van der Waals surface area contributed by atoms with Crippen LogP contribution >= 0.6 is 0 Å². The molecule has 0 spiro atoms. The van der Waals surface area contributed by atoms with E-state index in [1.54, 1.807) is 7.05 Å². The van der Waals surface area contributed by atoms with Crippen LogP contribution in [0.1, 0.15) is 50.8 Å². The molecule has 0 bridgehead atoms. The summed E-state index contributed by atoms with van der Waals surface area (Å²) in [6.45, 7) is 5.87. The highest BCUT2D eigenvalue weighted by atomic mass is 16.4. The second-order valence-electron chi connectivity index (χ2n) is 3.91. The minimum atomic E-state index is -0.0371. The average molecular weight is 211 g/mol. The molecule has 0 saturated heterocycles. The maximum Gasteiger partial charge on any atom is 0.220 e. The minimum absolute atomic E-state index is 0.0215. The highest BCUT2D eigenvalue weighted by molar-refractivity contribution is 5.76. The van der Waals surface area contributed by atoms with Crippen molar-refractivity contribution in [3.63, 3.8) is 0 Å². The summed E-state index contributed by atoms with van der Waals surface area (Å²) in [5, 5.41) is 10.4. The smallest absolute Gasteiger partial charge is 0.220 e. The first-order valence-corrected chi connectivity index (χ1v) is 5.08. The fourth-order valence-electron chi connectivity index (χ4n) is 1.15. The van der Waals surface area contributed by atoms with E-state index in [-0.39, 0.29) is 17.7 Å². The SMILES string of the molecule is CNC(=O)CC(C)c1nnc(C(C)C)o1. The molecule has 1 heterocycles. The topological polar surface area (TPSA) is 68.0 Å². The van der Waals surface area contributed by atoms with Crippen LogP contribution in [-0.4, -0.2) is 23.2 Å². The van der Waals surface area contributed by atoms with Crippen LogP contribution in [-0.2, 0) is 4.79 Å². The summed E-state index contributed by atoms with van der Waals surface area (Å²) >= 11 is 0. The molecule has 0 fully saturated rings. The number of hydrogen-bond donors (Lipinski definition) is 1. The van der Waals surface area contributed by atoms with Crippen molar-refractivity contribution in [3.8, 4) is 0 Å². The van der Waals surface area contributed by atoms with Gasteiger partial charge in [0.05, 0.1) is 0 Å². The Morgan fingerprint density at radius 2 is 1.93 bits per heavy atom. The average Bonchev–Trinajstić information content (AvgIpc) is 2.66. The van der Waals surface area contributed by atoms with Crippen molar-refractivity contribution in [2.45, 2.75) is 39.0 Å². The Hall–Kier alpha value is -1.39. The van der Waals surface area contributed by atoms with Gasteiger partial charge in [-0.1, -0.05) is 20.8 Å². The van der Waals surface area contributed by atoms with E-state index >= 15 is 0 Å². The van der Waals surface area contributed by atoms with Crippen LogP contribution in [0.5, 0.6) is 0 Å². The molecular formula is C10H17N3O2. The zero-order valence-electron chi connectivity index (χ0n) is 9.57. The predicted molar refractivity (Wildman–Crippen MR) is 55.5 cm³/mol. The lowest BCUT2D eigenvalue weighted by molar-refractivity contribution is -0.121. The monoisotopic (exact) mass is 211 g/mol. The summed E-state index contributed by atoms with van der Waals surface area (Å²) < 4.78 is 5.45. The Morgan fingerprint density at radius 3 is 2.40 bits per heavy atom. The van der Waals surface area contributed by atoms with Crippen LogP contribution in [0.2, 0.25) is 0 Å². The van der Waals surface area contributed by atoms with Gasteiger partial charge in [0.1, 0.15) is 0 Å². The summed E-state index contributed by atoms with van der Waals surface area (Å²) in [6, 6.07) is 0. The zero-order chi connectivity index (χ0) is 11.4. The van der Waals surface area contributed by atoms with Crippen molar-refractivity contribution < 1.29 is 9.21 Å². The van der Waals surface area contributed by atoms with Gasteiger partial charge in [0, 0.05) is 25.3 Å². The van der Waals surface area contributed by atoms with Gasteiger partial charge in [-0.15, -0.1) is 10.2 Å². The Morgan fingerprint density at radius 1 is 1.33 bits per heavy atom. The highest BCUT2D eigenvalue weighted by Crippen LogP contribution is 2.20. The van der Waals surface area contributed by atoms with E-state index in [0.717, 1.165) is 0 Å². The molecule has 84 valence electrons. The number of carbonyl (C=O) groups is 1. The van der Waals surface area contributed by atoms with Crippen molar-refractivity contribution in [1.29, 1.82) is 0 Å². The van der Waals surface area contributed by atoms with E-state index in [1.807, 2.05) is 20.8 Å². The van der Waals surface area contributed by atoms with Gasteiger partial charge in [0.2, 0.25) is 17.7 Å². The van der Waals surface area contributed by atoms with Crippen molar-refractivity contribution in [2.75, 3.05) is 7.05 Å². The van der Waals surface area contributed by atoms with Gasteiger partial charge in [-0.25, -0.2) is 0 Å². The second-order valence-corrected chi connectivity index (χ2v) is 3.91. The number of hydrogen-bond acceptors (Lipinski definition) is 4. The van der Waals surface area contributed by atoms with E-state index in [9.17, 15) is 4.79 Å². The molecule has 1 aromatic rings. The lowest BCUT2D eigenvalue weighted by Gasteiger charge is -2.04. The van der Waals surface area contributed by atoms with Crippen LogP contribution < -0.4 is 5.32 Å². The van der Waals surface area contributed by atoms with Crippen LogP contribution in [0, 0.1) is 0 Å². The maximum atomic E-state index is 11.1. The third kappa shape index (κ3) is 3.04. The van der Waals surface area contributed by atoms with Crippen LogP contribution in [0.25, 0.3) is 0 Å². The molecule has 1 amide bonds. The van der Waals surface area contributed by atoms with Crippen molar-refractivity contribution in [3.05, 3.63) is 11.8 Å². The van der Waals surface area contributed by atoms with Gasteiger partial charge < -0.3 is 9.73 Å². The highest BCUT2D eigenvalue weighted by Gasteiger charge is 2.17. The van der Waals surface area contributed by atoms with Crippen LogP contribution in [0.4, 0.5) is 0 Å². The Balaban J connectivity index is 2.65. The van der Waals surface area contributed by atoms with Gasteiger partial charge in [-0.2, -0.15) is 0 Å². The molecule has 15 heavy (non-hydrogen) atoms. The molecule has 1 rings (SSSR count). The molecule has 1 atom stereocenters. The first-order valence-electron chi connectivity index (χ1n) is 5.08. The summed E-state index contributed by atoms with van der Waals surface area (Å²) in [5.41, 5.74) is 0. The fraction of sp³-hybridized carbons (Fsp3) is 0.700. The predicted octanol–water partition coefficient (Wildman–Crippen LogP) is 1.43. The molecule has 0 saturated carbocycles. The number of nitrogens with one attached hydrogen (secondary N) is 1. The molecule has 1 N–H and O–H groups in total. The fourth-order valence-corrected chi connectivity index (χ4v) is 1.15. The molecule has 1 aromatic heterocycles. The van der Waals surface area contributed by atoms with Crippen LogP contribution in [0.3, 0.4) is 0 Å². The number of amides is 1. The first kappa shape index (κ1) is 11.7. The molecule has 0 radical (unpaired) electrons. The van der Waals surface area contributed by atoms with Crippen molar-refractivity contribution in [2.24, 2.45) is 0 Å². The maximum absolute atomic E-state index is 11.1. The lowest BCUT2D eigenvalue weighted by Crippen LogP contribution is -2.19. The molecule has 0 aromatic carbocycles. The van der Waals surface area contributed by atoms with Gasteiger partial charge in [0.15, 0.2) is 0 Å². The molecule has 0 aliphatic rings. The van der Waals surface area contributed by atoms with E-state index in [4.69, 9.17) is 4.42 Å². The van der Waals surface area contributed by atoms with E-state index in [1.165, 1.54) is 0 Å². The largest absolute Gasteiger partial charge is 0.425 e. The molecule has 5 heteroatoms. The summed E-state index contributed by atoms with van der Waals surface area (Å²) in [4.78, 5) is 11.1. The third-order valence-corrected chi connectivity index (χ3v) is 2.14. The first-order chi connectivity index (χ1) is 7.04. The van der Waals surface area contributed by atoms with Gasteiger partial charge in [-0.3, -0.25) is 4.79 Å². The number of rotatable bonds is 4. The number of aromatic nitrogens is 2. The lowest BCUT2D eigenvalue weighted by atomic mass is 10.1. The Bertz CT molecular complexity index is 333. The molecule has 1 unspecified atom stereocenters. The van der Waals surface area contributed by atoms with E-state index < -0.39 is 0 Å². The third-order valence-electron chi connectivity index (χ3n) is 2.14. The molecule has 0 aliphatic heterocycles. The molecule has 0 aliphatic carbocycles. The minimum Gasteiger partial charge on any atom is -0.425 e. The number of carbonyl (C=O) groups excluding carboxylic acids is 1. The molecule has 5 nitrogen and oxygen atoms in total. The van der Waals surface area contributed by atoms with E-state index in [0.29, 0.717) is 18.2 Å². The Kier molecular flexibility index (Phi) is 3.82. The van der Waals surface area contributed by atoms with Gasteiger partial charge in [0.25, 0.3) is 0 Å². The van der Waals surface area contributed by atoms with Crippen LogP contribution in [0.15, 0.2) is 4.42 Å². The standard InChI is InChI=1S/C10H17N3O2/c1-6(2)9-12-13-10(15-9)7(3)5-8(14)11-4/h6-7H,5H2,1-4H3,(H,11,14). The second kappa shape index (κ2) is 4.91. The summed E-state index contributed by atoms with van der Waals surface area (Å²) in [6.07, 6.45) is 0.371. The summed E-state index contributed by atoms with van der Waals surface area (Å²) in [7, 11) is 1.61. The Labute approximate surface area is 89.3 Å². The van der Waals surface area contributed by atoms with Gasteiger partial charge in [-0.05, 0) is 0 Å². The zero-order valence-corrected chi connectivity index (χ0v) is 9.57. The van der Waals surface area contributed by atoms with E-state index in [2.05, 4.69) is 15.5 Å². The van der Waals surface area contributed by atoms with Crippen molar-refractivity contribution >= 4 is 5.91 Å². The molecular weight excluding hydrogens is 194 g/mol. The summed E-state index contributed by atoms with van der Waals surface area (Å²) in [5.74, 6) is 1.31. The van der Waals surface area contributed by atoms with Crippen molar-refractivity contribution in [1.82, 2.24) is 15.5 Å². The van der Waals surface area contributed by atoms with Gasteiger partial charge >= 0.3 is 0 Å². The quantitative estimate of drug-likeness (QED) is 0.818. The number of nitrogens with zero attached hydrogens (tertiary/aromatic N) is 2.